The van der Waals surface area contributed by atoms with Crippen molar-refractivity contribution in [1.29, 1.82) is 0 Å². The molecule has 146 valence electrons. The summed E-state index contributed by atoms with van der Waals surface area (Å²) in [6, 6.07) is 16.9. The SMILES string of the molecule is C[C@H](CCc1ccccc1)NC(=O)CN(Cc1ccc(Cl)cc1)S(C)(=O)=O. The molecule has 0 heterocycles. The number of halogens is 1. The number of hydrogen-bond donors (Lipinski definition) is 1. The van der Waals surface area contributed by atoms with Crippen LogP contribution in [0.1, 0.15) is 24.5 Å². The van der Waals surface area contributed by atoms with E-state index in [0.29, 0.717) is 5.02 Å². The molecule has 2 aromatic rings. The molecule has 0 radical (unpaired) electrons. The van der Waals surface area contributed by atoms with Gasteiger partial charge in [0.1, 0.15) is 0 Å². The third-order valence-electron chi connectivity index (χ3n) is 4.18. The second-order valence-electron chi connectivity index (χ2n) is 6.65. The van der Waals surface area contributed by atoms with E-state index in [0.717, 1.165) is 29.0 Å². The first-order valence-electron chi connectivity index (χ1n) is 8.77. The molecule has 2 aromatic carbocycles. The zero-order valence-electron chi connectivity index (χ0n) is 15.6. The van der Waals surface area contributed by atoms with Crippen LogP contribution in [0.15, 0.2) is 54.6 Å². The summed E-state index contributed by atoms with van der Waals surface area (Å²) in [6.07, 6.45) is 2.74. The number of nitrogens with one attached hydrogen (secondary N) is 1. The number of hydrogen-bond acceptors (Lipinski definition) is 3. The Morgan fingerprint density at radius 1 is 1.07 bits per heavy atom. The predicted molar refractivity (Wildman–Crippen MR) is 109 cm³/mol. The van der Waals surface area contributed by atoms with Gasteiger partial charge in [0.25, 0.3) is 0 Å². The molecule has 0 aliphatic carbocycles. The van der Waals surface area contributed by atoms with Gasteiger partial charge in [0.2, 0.25) is 15.9 Å². The van der Waals surface area contributed by atoms with Crippen LogP contribution in [0, 0.1) is 0 Å². The van der Waals surface area contributed by atoms with Gasteiger partial charge < -0.3 is 5.32 Å². The van der Waals surface area contributed by atoms with Crippen LogP contribution in [-0.4, -0.2) is 37.5 Å². The van der Waals surface area contributed by atoms with E-state index < -0.39 is 10.0 Å². The van der Waals surface area contributed by atoms with Crippen LogP contribution in [0.3, 0.4) is 0 Å². The quantitative estimate of drug-likeness (QED) is 0.692. The summed E-state index contributed by atoms with van der Waals surface area (Å²) in [6.45, 7) is 1.84. The van der Waals surface area contributed by atoms with Crippen molar-refractivity contribution >= 4 is 27.5 Å². The highest BCUT2D eigenvalue weighted by Crippen LogP contribution is 2.13. The largest absolute Gasteiger partial charge is 0.352 e. The lowest BCUT2D eigenvalue weighted by atomic mass is 10.1. The second-order valence-corrected chi connectivity index (χ2v) is 9.07. The van der Waals surface area contributed by atoms with Crippen LogP contribution in [0.4, 0.5) is 0 Å². The van der Waals surface area contributed by atoms with Crippen LogP contribution in [0.5, 0.6) is 0 Å². The Bertz CT molecular complexity index is 839. The van der Waals surface area contributed by atoms with E-state index in [4.69, 9.17) is 11.6 Å². The summed E-state index contributed by atoms with van der Waals surface area (Å²) < 4.78 is 25.3. The highest BCUT2D eigenvalue weighted by molar-refractivity contribution is 7.88. The average molecular weight is 409 g/mol. The summed E-state index contributed by atoms with van der Waals surface area (Å²) in [4.78, 5) is 12.3. The number of sulfonamides is 1. The Morgan fingerprint density at radius 2 is 1.70 bits per heavy atom. The molecule has 0 saturated heterocycles. The van der Waals surface area contributed by atoms with Gasteiger partial charge in [-0.3, -0.25) is 4.79 Å². The normalized spacial score (nSPS) is 12.7. The molecule has 27 heavy (non-hydrogen) atoms. The first-order valence-corrected chi connectivity index (χ1v) is 11.0. The lowest BCUT2D eigenvalue weighted by molar-refractivity contribution is -0.122. The Hall–Kier alpha value is -1.89. The molecule has 0 bridgehead atoms. The number of aryl methyl sites for hydroxylation is 1. The molecule has 7 heteroatoms. The molecule has 1 N–H and O–H groups in total. The van der Waals surface area contributed by atoms with Crippen molar-refractivity contribution in [2.24, 2.45) is 0 Å². The van der Waals surface area contributed by atoms with Gasteiger partial charge in [-0.2, -0.15) is 4.31 Å². The molecule has 0 saturated carbocycles. The summed E-state index contributed by atoms with van der Waals surface area (Å²) in [5, 5.41) is 3.46. The topological polar surface area (TPSA) is 66.5 Å². The fourth-order valence-electron chi connectivity index (χ4n) is 2.66. The number of rotatable bonds is 9. The Kier molecular flexibility index (Phi) is 7.83. The molecule has 0 spiro atoms. The third kappa shape index (κ3) is 7.71. The van der Waals surface area contributed by atoms with E-state index in [1.165, 1.54) is 5.56 Å². The zero-order valence-corrected chi connectivity index (χ0v) is 17.1. The van der Waals surface area contributed by atoms with Gasteiger partial charge in [0.15, 0.2) is 0 Å². The van der Waals surface area contributed by atoms with E-state index >= 15 is 0 Å². The summed E-state index contributed by atoms with van der Waals surface area (Å²) >= 11 is 5.86. The Balaban J connectivity index is 1.90. The fourth-order valence-corrected chi connectivity index (χ4v) is 3.53. The van der Waals surface area contributed by atoms with Crippen LogP contribution in [-0.2, 0) is 27.8 Å². The molecule has 0 aliphatic rings. The van der Waals surface area contributed by atoms with Gasteiger partial charge in [-0.15, -0.1) is 0 Å². The third-order valence-corrected chi connectivity index (χ3v) is 5.63. The van der Waals surface area contributed by atoms with Crippen LogP contribution in [0.2, 0.25) is 5.02 Å². The van der Waals surface area contributed by atoms with E-state index in [-0.39, 0.29) is 25.0 Å². The van der Waals surface area contributed by atoms with E-state index in [9.17, 15) is 13.2 Å². The number of carbonyl (C=O) groups excluding carboxylic acids is 1. The zero-order chi connectivity index (χ0) is 19.9. The lowest BCUT2D eigenvalue weighted by Gasteiger charge is -2.21. The summed E-state index contributed by atoms with van der Waals surface area (Å²) in [5.41, 5.74) is 1.98. The number of nitrogens with zero attached hydrogens (tertiary/aromatic N) is 1. The van der Waals surface area contributed by atoms with Gasteiger partial charge in [0, 0.05) is 17.6 Å². The first kappa shape index (κ1) is 21.4. The average Bonchev–Trinajstić information content (AvgIpc) is 2.61. The van der Waals surface area contributed by atoms with E-state index in [1.807, 2.05) is 37.3 Å². The highest BCUT2D eigenvalue weighted by atomic mass is 35.5. The van der Waals surface area contributed by atoms with Crippen LogP contribution < -0.4 is 5.32 Å². The molecule has 1 amide bonds. The number of carbonyl (C=O) groups is 1. The summed E-state index contributed by atoms with van der Waals surface area (Å²) in [5.74, 6) is -0.310. The molecule has 1 atom stereocenters. The van der Waals surface area contributed by atoms with Crippen molar-refractivity contribution in [3.8, 4) is 0 Å². The maximum atomic E-state index is 12.3. The Morgan fingerprint density at radius 3 is 2.30 bits per heavy atom. The molecule has 0 aliphatic heterocycles. The molecular formula is C20H25ClN2O3S. The van der Waals surface area contributed by atoms with Gasteiger partial charge in [0.05, 0.1) is 12.8 Å². The molecule has 0 unspecified atom stereocenters. The fraction of sp³-hybridized carbons (Fsp3) is 0.350. The van der Waals surface area contributed by atoms with Crippen molar-refractivity contribution in [2.45, 2.75) is 32.4 Å². The molecule has 0 aromatic heterocycles. The first-order chi connectivity index (χ1) is 12.7. The minimum atomic E-state index is -3.52. The maximum Gasteiger partial charge on any atom is 0.235 e. The molecule has 5 nitrogen and oxygen atoms in total. The minimum absolute atomic E-state index is 0.0466. The smallest absolute Gasteiger partial charge is 0.235 e. The number of benzene rings is 2. The summed E-state index contributed by atoms with van der Waals surface area (Å²) in [7, 11) is -3.52. The highest BCUT2D eigenvalue weighted by Gasteiger charge is 2.21. The van der Waals surface area contributed by atoms with Gasteiger partial charge in [-0.05, 0) is 43.0 Å². The molecule has 2 rings (SSSR count). The van der Waals surface area contributed by atoms with Crippen molar-refractivity contribution in [3.63, 3.8) is 0 Å². The lowest BCUT2D eigenvalue weighted by Crippen LogP contribution is -2.42. The van der Waals surface area contributed by atoms with Crippen molar-refractivity contribution in [1.82, 2.24) is 9.62 Å². The second kappa shape index (κ2) is 9.88. The van der Waals surface area contributed by atoms with Crippen LogP contribution in [0.25, 0.3) is 0 Å². The monoisotopic (exact) mass is 408 g/mol. The maximum absolute atomic E-state index is 12.3. The van der Waals surface area contributed by atoms with E-state index in [2.05, 4.69) is 5.32 Å². The van der Waals surface area contributed by atoms with Gasteiger partial charge >= 0.3 is 0 Å². The van der Waals surface area contributed by atoms with Gasteiger partial charge in [-0.25, -0.2) is 8.42 Å². The van der Waals surface area contributed by atoms with Gasteiger partial charge in [-0.1, -0.05) is 54.1 Å². The number of amides is 1. The van der Waals surface area contributed by atoms with E-state index in [1.54, 1.807) is 24.3 Å². The Labute approximate surface area is 166 Å². The van der Waals surface area contributed by atoms with Crippen molar-refractivity contribution in [3.05, 3.63) is 70.7 Å². The predicted octanol–water partition coefficient (Wildman–Crippen LogP) is 3.24. The van der Waals surface area contributed by atoms with Crippen molar-refractivity contribution in [2.75, 3.05) is 12.8 Å². The van der Waals surface area contributed by atoms with Crippen LogP contribution >= 0.6 is 11.6 Å². The molecule has 0 fully saturated rings. The molecular weight excluding hydrogens is 384 g/mol. The van der Waals surface area contributed by atoms with Crippen molar-refractivity contribution < 1.29 is 13.2 Å². The minimum Gasteiger partial charge on any atom is -0.352 e. The standard InChI is InChI=1S/C20H25ClN2O3S/c1-16(8-9-17-6-4-3-5-7-17)22-20(24)15-23(27(2,25)26)14-18-10-12-19(21)13-11-18/h3-7,10-13,16H,8-9,14-15H2,1-2H3,(H,22,24)/t16-/m1/s1.